The van der Waals surface area contributed by atoms with Crippen molar-refractivity contribution < 1.29 is 27.2 Å². The molecule has 7 aromatic carbocycles. The highest BCUT2D eigenvalue weighted by Gasteiger charge is 2.40. The summed E-state index contributed by atoms with van der Waals surface area (Å²) in [6.45, 7) is 0.527. The Bertz CT molecular complexity index is 3020. The van der Waals surface area contributed by atoms with Gasteiger partial charge >= 0.3 is 0 Å². The third-order valence-corrected chi connectivity index (χ3v) is 13.2. The SMILES string of the molecule is Cc1ccc(S(=O)(=O)OCC(OC(CO)COC(c2ccccc2)(c2ccccc2)c2ccccc2)n2cnc3c(=O)[nH]c(NC(c4ccccc4)(c4ccccc4)c4ccccc4)nc32)cc1. The second-order valence-electron chi connectivity index (χ2n) is 16.2. The average molecular weight is 924 g/mol. The first-order chi connectivity index (χ1) is 33.2. The second-order valence-corrected chi connectivity index (χ2v) is 17.9. The summed E-state index contributed by atoms with van der Waals surface area (Å²) in [4.78, 5) is 26.4. The molecule has 0 spiro atoms. The fraction of sp³-hybridized carbons (Fsp3) is 0.145. The Balaban J connectivity index is 1.13. The van der Waals surface area contributed by atoms with E-state index in [9.17, 15) is 18.3 Å². The van der Waals surface area contributed by atoms with Gasteiger partial charge in [0.15, 0.2) is 17.4 Å². The van der Waals surface area contributed by atoms with E-state index < -0.39 is 52.4 Å². The van der Waals surface area contributed by atoms with Crippen molar-refractivity contribution in [2.24, 2.45) is 0 Å². The quantitative estimate of drug-likeness (QED) is 0.0528. The number of aliphatic hydroxyl groups excluding tert-OH is 1. The second kappa shape index (κ2) is 20.1. The van der Waals surface area contributed by atoms with Crippen molar-refractivity contribution >= 4 is 27.2 Å². The van der Waals surface area contributed by atoms with Gasteiger partial charge in [0, 0.05) is 0 Å². The smallest absolute Gasteiger partial charge is 0.297 e. The minimum absolute atomic E-state index is 0.0386. The van der Waals surface area contributed by atoms with Crippen LogP contribution in [0.3, 0.4) is 0 Å². The number of fused-ring (bicyclic) bond motifs is 1. The zero-order valence-corrected chi connectivity index (χ0v) is 37.9. The lowest BCUT2D eigenvalue weighted by molar-refractivity contribution is -0.133. The maximum absolute atomic E-state index is 14.1. The van der Waals surface area contributed by atoms with E-state index in [2.05, 4.69) is 15.3 Å². The number of aromatic amines is 1. The number of hydrogen-bond donors (Lipinski definition) is 3. The number of aryl methyl sites for hydroxylation is 1. The minimum atomic E-state index is -4.34. The van der Waals surface area contributed by atoms with E-state index in [0.29, 0.717) is 0 Å². The summed E-state index contributed by atoms with van der Waals surface area (Å²) >= 11 is 0. The number of H-pyrrole nitrogens is 1. The zero-order valence-electron chi connectivity index (χ0n) is 37.1. The summed E-state index contributed by atoms with van der Waals surface area (Å²) in [5.41, 5.74) is 3.20. The summed E-state index contributed by atoms with van der Waals surface area (Å²) < 4.78 is 48.5. The molecule has 0 amide bonds. The zero-order chi connectivity index (χ0) is 47.0. The first-order valence-corrected chi connectivity index (χ1v) is 23.6. The van der Waals surface area contributed by atoms with Crippen molar-refractivity contribution in [1.29, 1.82) is 0 Å². The Morgan fingerprint density at radius 1 is 0.632 bits per heavy atom. The molecule has 0 fully saturated rings. The summed E-state index contributed by atoms with van der Waals surface area (Å²) in [7, 11) is -4.34. The number of nitrogens with one attached hydrogen (secondary N) is 2. The molecule has 2 unspecified atom stereocenters. The van der Waals surface area contributed by atoms with Crippen LogP contribution in [0.2, 0.25) is 0 Å². The fourth-order valence-electron chi connectivity index (χ4n) is 8.60. The largest absolute Gasteiger partial charge is 0.394 e. The molecular formula is C55H49N5O7S. The van der Waals surface area contributed by atoms with Crippen LogP contribution in [-0.2, 0) is 34.9 Å². The van der Waals surface area contributed by atoms with Crippen LogP contribution in [0.5, 0.6) is 0 Å². The van der Waals surface area contributed by atoms with Crippen LogP contribution in [0.25, 0.3) is 11.2 Å². The minimum Gasteiger partial charge on any atom is -0.394 e. The third-order valence-electron chi connectivity index (χ3n) is 11.9. The molecule has 0 bridgehead atoms. The lowest BCUT2D eigenvalue weighted by Crippen LogP contribution is -2.39. The molecule has 68 heavy (non-hydrogen) atoms. The van der Waals surface area contributed by atoms with Crippen molar-refractivity contribution in [1.82, 2.24) is 19.5 Å². The molecule has 0 saturated heterocycles. The van der Waals surface area contributed by atoms with Crippen molar-refractivity contribution in [3.8, 4) is 0 Å². The molecule has 2 atom stereocenters. The van der Waals surface area contributed by atoms with E-state index in [1.165, 1.54) is 23.0 Å². The number of aliphatic hydroxyl groups is 1. The molecule has 3 N–H and O–H groups in total. The van der Waals surface area contributed by atoms with Crippen LogP contribution in [-0.4, -0.2) is 59.0 Å². The molecule has 9 aromatic rings. The number of hydrogen-bond acceptors (Lipinski definition) is 10. The molecule has 9 rings (SSSR count). The van der Waals surface area contributed by atoms with Gasteiger partial charge in [-0.25, -0.2) is 4.98 Å². The Morgan fingerprint density at radius 3 is 1.51 bits per heavy atom. The number of imidazole rings is 1. The van der Waals surface area contributed by atoms with Gasteiger partial charge in [0.05, 0.1) is 24.4 Å². The van der Waals surface area contributed by atoms with Gasteiger partial charge in [0.25, 0.3) is 15.7 Å². The molecule has 0 saturated carbocycles. The predicted octanol–water partition coefficient (Wildman–Crippen LogP) is 9.12. The first-order valence-electron chi connectivity index (χ1n) is 22.2. The molecule has 0 aliphatic carbocycles. The molecule has 0 aliphatic rings. The van der Waals surface area contributed by atoms with Crippen molar-refractivity contribution in [3.63, 3.8) is 0 Å². The summed E-state index contributed by atoms with van der Waals surface area (Å²) in [5.74, 6) is 0.0909. The monoisotopic (exact) mass is 923 g/mol. The van der Waals surface area contributed by atoms with E-state index in [0.717, 1.165) is 38.9 Å². The van der Waals surface area contributed by atoms with Crippen molar-refractivity contribution in [3.05, 3.63) is 262 Å². The van der Waals surface area contributed by atoms with Gasteiger partial charge in [-0.1, -0.05) is 200 Å². The van der Waals surface area contributed by atoms with Crippen molar-refractivity contribution in [2.45, 2.75) is 35.3 Å². The number of benzene rings is 7. The van der Waals surface area contributed by atoms with Crippen LogP contribution >= 0.6 is 0 Å². The summed E-state index contributed by atoms with van der Waals surface area (Å²) in [6.07, 6.45) is -1.07. The van der Waals surface area contributed by atoms with Crippen LogP contribution < -0.4 is 10.9 Å². The average Bonchev–Trinajstić information content (AvgIpc) is 3.82. The van der Waals surface area contributed by atoms with E-state index in [-0.39, 0.29) is 28.6 Å². The molecule has 13 heteroatoms. The molecule has 12 nitrogen and oxygen atoms in total. The topological polar surface area (TPSA) is 158 Å². The van der Waals surface area contributed by atoms with Crippen LogP contribution in [0.4, 0.5) is 5.95 Å². The van der Waals surface area contributed by atoms with E-state index >= 15 is 0 Å². The number of aromatic nitrogens is 4. The number of anilines is 1. The summed E-state index contributed by atoms with van der Waals surface area (Å²) in [5, 5.41) is 14.7. The molecule has 0 radical (unpaired) electrons. The van der Waals surface area contributed by atoms with Gasteiger partial charge in [-0.15, -0.1) is 0 Å². The molecule has 0 aliphatic heterocycles. The van der Waals surface area contributed by atoms with Crippen LogP contribution in [0, 0.1) is 6.92 Å². The number of nitrogens with zero attached hydrogens (tertiary/aromatic N) is 3. The Labute approximate surface area is 394 Å². The van der Waals surface area contributed by atoms with Crippen LogP contribution in [0.15, 0.2) is 222 Å². The summed E-state index contributed by atoms with van der Waals surface area (Å²) in [6, 6.07) is 65.1. The lowest BCUT2D eigenvalue weighted by atomic mass is 9.77. The van der Waals surface area contributed by atoms with Gasteiger partial charge in [-0.05, 0) is 52.4 Å². The van der Waals surface area contributed by atoms with Crippen molar-refractivity contribution in [2.75, 3.05) is 25.1 Å². The van der Waals surface area contributed by atoms with Gasteiger partial charge in [0.1, 0.15) is 23.9 Å². The van der Waals surface area contributed by atoms with E-state index in [4.69, 9.17) is 18.6 Å². The number of rotatable bonds is 19. The standard InChI is InChI=1S/C55H49N5O7S/c1-40-32-34-48(35-33-40)68(63,64)66-38-49(67-47(36-61)37-65-55(44-26-14-5-15-27-44,45-28-16-6-17-29-45)46-30-18-7-19-31-46)60-39-56-50-51(60)57-53(58-52(50)62)59-54(41-20-8-2-9-21-41,42-22-10-3-11-23-42)43-24-12-4-13-25-43/h2-35,39,47,49,61H,36-38H2,1H3,(H2,57,58,59,62). The van der Waals surface area contributed by atoms with Crippen LogP contribution in [0.1, 0.15) is 45.2 Å². The van der Waals surface area contributed by atoms with E-state index in [1.54, 1.807) is 12.1 Å². The third kappa shape index (κ3) is 9.26. The lowest BCUT2D eigenvalue weighted by Gasteiger charge is -2.37. The normalized spacial score (nSPS) is 13.0. The maximum Gasteiger partial charge on any atom is 0.297 e. The van der Waals surface area contributed by atoms with Gasteiger partial charge in [0.2, 0.25) is 5.95 Å². The highest BCUT2D eigenvalue weighted by Crippen LogP contribution is 2.42. The van der Waals surface area contributed by atoms with Gasteiger partial charge < -0.3 is 19.9 Å². The molecule has 342 valence electrons. The Hall–Kier alpha value is -7.52. The predicted molar refractivity (Wildman–Crippen MR) is 261 cm³/mol. The highest BCUT2D eigenvalue weighted by molar-refractivity contribution is 7.86. The first kappa shape index (κ1) is 45.6. The molecular weight excluding hydrogens is 875 g/mol. The van der Waals surface area contributed by atoms with Gasteiger partial charge in [-0.2, -0.15) is 13.4 Å². The fourth-order valence-corrected chi connectivity index (χ4v) is 9.51. The maximum atomic E-state index is 14.1. The van der Waals surface area contributed by atoms with Gasteiger partial charge in [-0.3, -0.25) is 18.5 Å². The van der Waals surface area contributed by atoms with E-state index in [1.807, 2.05) is 189 Å². The molecule has 2 heterocycles. The highest BCUT2D eigenvalue weighted by atomic mass is 32.2. The molecule has 2 aromatic heterocycles. The Morgan fingerprint density at radius 2 is 1.07 bits per heavy atom. The number of ether oxygens (including phenoxy) is 2. The Kier molecular flexibility index (Phi) is 13.5.